The van der Waals surface area contributed by atoms with Crippen molar-refractivity contribution >= 4 is 5.78 Å². The topological polar surface area (TPSA) is 68.0 Å². The van der Waals surface area contributed by atoms with Gasteiger partial charge in [-0.25, -0.2) is 9.67 Å². The third-order valence-corrected chi connectivity index (χ3v) is 2.74. The van der Waals surface area contributed by atoms with Crippen LogP contribution in [0.25, 0.3) is 0 Å². The lowest BCUT2D eigenvalue weighted by atomic mass is 9.95. The van der Waals surface area contributed by atoms with Gasteiger partial charge < -0.3 is 5.11 Å². The van der Waals surface area contributed by atoms with Crippen molar-refractivity contribution < 1.29 is 9.90 Å². The average Bonchev–Trinajstić information content (AvgIpc) is 2.66. The molecule has 1 rings (SSSR count). The Kier molecular flexibility index (Phi) is 4.18. The van der Waals surface area contributed by atoms with Crippen molar-refractivity contribution in [2.24, 2.45) is 0 Å². The van der Waals surface area contributed by atoms with Crippen LogP contribution < -0.4 is 0 Å². The zero-order chi connectivity index (χ0) is 12.2. The van der Waals surface area contributed by atoms with Crippen LogP contribution in [0.3, 0.4) is 0 Å². The molecule has 0 aliphatic rings. The van der Waals surface area contributed by atoms with Crippen LogP contribution in [0.15, 0.2) is 6.33 Å². The fourth-order valence-corrected chi connectivity index (χ4v) is 1.35. The third-order valence-electron chi connectivity index (χ3n) is 2.74. The summed E-state index contributed by atoms with van der Waals surface area (Å²) in [6.07, 6.45) is 2.93. The molecular formula is C11H19N3O2. The summed E-state index contributed by atoms with van der Waals surface area (Å²) in [5, 5.41) is 13.8. The van der Waals surface area contributed by atoms with Crippen LogP contribution in [0.2, 0.25) is 0 Å². The Morgan fingerprint density at radius 3 is 2.81 bits per heavy atom. The number of rotatable bonds is 6. The summed E-state index contributed by atoms with van der Waals surface area (Å²) in [5.41, 5.74) is -1.26. The first-order valence-electron chi connectivity index (χ1n) is 5.63. The lowest BCUT2D eigenvalue weighted by Crippen LogP contribution is -2.36. The van der Waals surface area contributed by atoms with Crippen molar-refractivity contribution in [1.29, 1.82) is 0 Å². The molecule has 0 fully saturated rings. The standard InChI is InChI=1S/C11H19N3O2/c1-4-6-14-10(12-8-13-14)7-9(15)11(3,16)5-2/h8,16H,4-7H2,1-3H3. The second kappa shape index (κ2) is 5.21. The highest BCUT2D eigenvalue weighted by molar-refractivity contribution is 5.87. The number of hydrogen-bond acceptors (Lipinski definition) is 4. The number of Topliss-reactive ketones (excluding diaryl/α,β-unsaturated/α-hetero) is 1. The van der Waals surface area contributed by atoms with Gasteiger partial charge in [-0.05, 0) is 19.8 Å². The van der Waals surface area contributed by atoms with Crippen LogP contribution >= 0.6 is 0 Å². The van der Waals surface area contributed by atoms with Crippen LogP contribution in [-0.4, -0.2) is 31.3 Å². The molecule has 5 nitrogen and oxygen atoms in total. The van der Waals surface area contributed by atoms with E-state index in [-0.39, 0.29) is 12.2 Å². The molecule has 0 aliphatic carbocycles. The van der Waals surface area contributed by atoms with Gasteiger partial charge in [0.2, 0.25) is 0 Å². The smallest absolute Gasteiger partial charge is 0.171 e. The molecule has 16 heavy (non-hydrogen) atoms. The molecule has 5 heteroatoms. The lowest BCUT2D eigenvalue weighted by Gasteiger charge is -2.19. The van der Waals surface area contributed by atoms with E-state index in [0.717, 1.165) is 13.0 Å². The SMILES string of the molecule is CCCn1ncnc1CC(=O)C(C)(O)CC. The molecule has 1 unspecified atom stereocenters. The van der Waals surface area contributed by atoms with Crippen molar-refractivity contribution in [3.8, 4) is 0 Å². The van der Waals surface area contributed by atoms with Crippen LogP contribution in [-0.2, 0) is 17.8 Å². The number of aromatic nitrogens is 3. The fraction of sp³-hybridized carbons (Fsp3) is 0.727. The van der Waals surface area contributed by atoms with Crippen molar-refractivity contribution in [2.45, 2.75) is 52.2 Å². The second-order valence-corrected chi connectivity index (χ2v) is 4.13. The first-order chi connectivity index (χ1) is 7.51. The summed E-state index contributed by atoms with van der Waals surface area (Å²) in [4.78, 5) is 15.8. The monoisotopic (exact) mass is 225 g/mol. The summed E-state index contributed by atoms with van der Waals surface area (Å²) in [7, 11) is 0. The number of carbonyl (C=O) groups excluding carboxylic acids is 1. The van der Waals surface area contributed by atoms with Crippen LogP contribution in [0.4, 0.5) is 0 Å². The van der Waals surface area contributed by atoms with Crippen LogP contribution in [0.5, 0.6) is 0 Å². The van der Waals surface area contributed by atoms with Crippen molar-refractivity contribution in [1.82, 2.24) is 14.8 Å². The summed E-state index contributed by atoms with van der Waals surface area (Å²) in [5.74, 6) is 0.418. The van der Waals surface area contributed by atoms with E-state index in [4.69, 9.17) is 0 Å². The van der Waals surface area contributed by atoms with Gasteiger partial charge in [-0.1, -0.05) is 13.8 Å². The lowest BCUT2D eigenvalue weighted by molar-refractivity contribution is -0.135. The number of hydrogen-bond donors (Lipinski definition) is 1. The molecule has 90 valence electrons. The first kappa shape index (κ1) is 12.8. The molecule has 1 heterocycles. The van der Waals surface area contributed by atoms with Gasteiger partial charge in [0.15, 0.2) is 5.78 Å². The van der Waals surface area contributed by atoms with Gasteiger partial charge in [-0.15, -0.1) is 0 Å². The number of carbonyl (C=O) groups is 1. The second-order valence-electron chi connectivity index (χ2n) is 4.13. The molecule has 1 aromatic rings. The van der Waals surface area contributed by atoms with E-state index in [1.165, 1.54) is 13.3 Å². The van der Waals surface area contributed by atoms with E-state index in [1.807, 2.05) is 6.92 Å². The highest BCUT2D eigenvalue weighted by atomic mass is 16.3. The summed E-state index contributed by atoms with van der Waals surface area (Å²) in [6, 6.07) is 0. The number of aliphatic hydroxyl groups is 1. The minimum Gasteiger partial charge on any atom is -0.382 e. The van der Waals surface area contributed by atoms with Crippen molar-refractivity contribution in [3.63, 3.8) is 0 Å². The zero-order valence-corrected chi connectivity index (χ0v) is 10.1. The van der Waals surface area contributed by atoms with Gasteiger partial charge in [-0.2, -0.15) is 5.10 Å². The predicted molar refractivity (Wildman–Crippen MR) is 59.9 cm³/mol. The van der Waals surface area contributed by atoms with Gasteiger partial charge in [0.25, 0.3) is 0 Å². The van der Waals surface area contributed by atoms with E-state index >= 15 is 0 Å². The average molecular weight is 225 g/mol. The largest absolute Gasteiger partial charge is 0.382 e. The molecule has 0 aliphatic heterocycles. The normalized spacial score (nSPS) is 14.8. The Morgan fingerprint density at radius 2 is 2.25 bits per heavy atom. The molecule has 0 spiro atoms. The fourth-order valence-electron chi connectivity index (χ4n) is 1.35. The maximum Gasteiger partial charge on any atom is 0.171 e. The molecule has 1 N–H and O–H groups in total. The third kappa shape index (κ3) is 2.88. The van der Waals surface area contributed by atoms with Gasteiger partial charge in [-0.3, -0.25) is 4.79 Å². The molecule has 0 saturated carbocycles. The van der Waals surface area contributed by atoms with Gasteiger partial charge in [0.1, 0.15) is 17.8 Å². The Bertz CT molecular complexity index is 358. The summed E-state index contributed by atoms with van der Waals surface area (Å²) in [6.45, 7) is 6.11. The maximum atomic E-state index is 11.8. The molecule has 0 radical (unpaired) electrons. The van der Waals surface area contributed by atoms with E-state index in [1.54, 1.807) is 11.6 Å². The maximum absolute atomic E-state index is 11.8. The van der Waals surface area contributed by atoms with E-state index in [9.17, 15) is 9.90 Å². The van der Waals surface area contributed by atoms with Crippen LogP contribution in [0, 0.1) is 0 Å². The van der Waals surface area contributed by atoms with Gasteiger partial charge in [0, 0.05) is 6.54 Å². The predicted octanol–water partition coefficient (Wildman–Crippen LogP) is 0.961. The molecule has 0 amide bonds. The molecule has 0 saturated heterocycles. The highest BCUT2D eigenvalue weighted by Crippen LogP contribution is 2.12. The highest BCUT2D eigenvalue weighted by Gasteiger charge is 2.28. The van der Waals surface area contributed by atoms with Crippen LogP contribution in [0.1, 0.15) is 39.4 Å². The van der Waals surface area contributed by atoms with E-state index in [2.05, 4.69) is 10.1 Å². The Morgan fingerprint density at radius 1 is 1.56 bits per heavy atom. The molecule has 1 aromatic heterocycles. The Balaban J connectivity index is 2.73. The molecule has 0 aromatic carbocycles. The molecular weight excluding hydrogens is 206 g/mol. The minimum atomic E-state index is -1.26. The minimum absolute atomic E-state index is 0.140. The van der Waals surface area contributed by atoms with Crippen molar-refractivity contribution in [2.75, 3.05) is 0 Å². The number of aryl methyl sites for hydroxylation is 1. The Labute approximate surface area is 95.5 Å². The summed E-state index contributed by atoms with van der Waals surface area (Å²) >= 11 is 0. The number of ketones is 1. The first-order valence-corrected chi connectivity index (χ1v) is 5.63. The van der Waals surface area contributed by atoms with E-state index in [0.29, 0.717) is 12.2 Å². The number of nitrogens with zero attached hydrogens (tertiary/aromatic N) is 3. The summed E-state index contributed by atoms with van der Waals surface area (Å²) < 4.78 is 1.71. The zero-order valence-electron chi connectivity index (χ0n) is 10.1. The Hall–Kier alpha value is -1.23. The van der Waals surface area contributed by atoms with Crippen molar-refractivity contribution in [3.05, 3.63) is 12.2 Å². The quantitative estimate of drug-likeness (QED) is 0.783. The molecule has 0 bridgehead atoms. The van der Waals surface area contributed by atoms with Gasteiger partial charge in [0.05, 0.1) is 6.42 Å². The van der Waals surface area contributed by atoms with Gasteiger partial charge >= 0.3 is 0 Å². The van der Waals surface area contributed by atoms with E-state index < -0.39 is 5.60 Å². The molecule has 1 atom stereocenters.